The van der Waals surface area contributed by atoms with Crippen molar-refractivity contribution < 1.29 is 26.3 Å². The van der Waals surface area contributed by atoms with Crippen LogP contribution in [0.2, 0.25) is 0 Å². The van der Waals surface area contributed by atoms with Crippen LogP contribution in [-0.2, 0) is 16.6 Å². The fourth-order valence-corrected chi connectivity index (χ4v) is 7.49. The summed E-state index contributed by atoms with van der Waals surface area (Å²) in [6.07, 6.45) is -4.04. The van der Waals surface area contributed by atoms with E-state index in [4.69, 9.17) is 0 Å². The van der Waals surface area contributed by atoms with Crippen LogP contribution in [0.1, 0.15) is 18.0 Å². The highest BCUT2D eigenvalue weighted by Crippen LogP contribution is 2.41. The number of alkyl halides is 3. The molecule has 0 radical (unpaired) electrons. The molecule has 1 fully saturated rings. The number of hydrogen-bond donors (Lipinski definition) is 0. The van der Waals surface area contributed by atoms with Crippen molar-refractivity contribution in [3.8, 4) is 16.9 Å². The third kappa shape index (κ3) is 4.20. The van der Waals surface area contributed by atoms with Crippen LogP contribution in [0.3, 0.4) is 0 Å². The van der Waals surface area contributed by atoms with Gasteiger partial charge in [-0.1, -0.05) is 18.2 Å². The predicted octanol–water partition coefficient (Wildman–Crippen LogP) is 4.28. The lowest BCUT2D eigenvalue weighted by atomic mass is 9.81. The zero-order valence-corrected chi connectivity index (χ0v) is 18.8. The molecule has 6 nitrogen and oxygen atoms in total. The van der Waals surface area contributed by atoms with Crippen molar-refractivity contribution in [3.05, 3.63) is 70.0 Å². The standard InChI is InChI=1S/C22H19F3N2O4S2/c23-22(24,25)31-17-5-3-15(4-6-17)18-7-8-19(28)27-12-14-10-16(21(18)27)13-26(11-14)33(29,30)20-2-1-9-32-20/h1-9,14,16H,10-13H2/t14-,16-/m1/s1. The molecule has 2 aromatic heterocycles. The van der Waals surface area contributed by atoms with Gasteiger partial charge in [-0.2, -0.15) is 4.31 Å². The van der Waals surface area contributed by atoms with E-state index in [2.05, 4.69) is 4.74 Å². The average Bonchev–Trinajstić information content (AvgIpc) is 3.30. The molecule has 174 valence electrons. The van der Waals surface area contributed by atoms with Crippen molar-refractivity contribution in [2.24, 2.45) is 5.92 Å². The quantitative estimate of drug-likeness (QED) is 0.541. The Morgan fingerprint density at radius 1 is 1.00 bits per heavy atom. The first-order valence-corrected chi connectivity index (χ1v) is 12.6. The van der Waals surface area contributed by atoms with Crippen molar-refractivity contribution in [1.82, 2.24) is 8.87 Å². The molecule has 0 aliphatic carbocycles. The average molecular weight is 497 g/mol. The summed E-state index contributed by atoms with van der Waals surface area (Å²) in [4.78, 5) is 12.6. The van der Waals surface area contributed by atoms with Gasteiger partial charge in [0.05, 0.1) is 0 Å². The van der Waals surface area contributed by atoms with E-state index in [1.165, 1.54) is 46.0 Å². The monoisotopic (exact) mass is 496 g/mol. The fourth-order valence-electron chi connectivity index (χ4n) is 4.79. The summed E-state index contributed by atoms with van der Waals surface area (Å²) in [6.45, 7) is 0.975. The van der Waals surface area contributed by atoms with Gasteiger partial charge in [-0.25, -0.2) is 8.42 Å². The number of hydrogen-bond acceptors (Lipinski definition) is 5. The maximum absolute atomic E-state index is 13.1. The van der Waals surface area contributed by atoms with E-state index in [0.29, 0.717) is 29.9 Å². The Hall–Kier alpha value is -2.63. The third-order valence-corrected chi connectivity index (χ3v) is 9.25. The van der Waals surface area contributed by atoms with Gasteiger partial charge in [0.25, 0.3) is 15.6 Å². The highest BCUT2D eigenvalue weighted by Gasteiger charge is 2.41. The van der Waals surface area contributed by atoms with Crippen molar-refractivity contribution in [1.29, 1.82) is 0 Å². The lowest BCUT2D eigenvalue weighted by Crippen LogP contribution is -2.49. The molecule has 0 saturated carbocycles. The van der Waals surface area contributed by atoms with E-state index in [1.807, 2.05) is 0 Å². The van der Waals surface area contributed by atoms with Crippen LogP contribution < -0.4 is 10.3 Å². The molecular formula is C22H19F3N2O4S2. The fraction of sp³-hybridized carbons (Fsp3) is 0.318. The minimum absolute atomic E-state index is 0.00139. The summed E-state index contributed by atoms with van der Waals surface area (Å²) in [7, 11) is -3.63. The summed E-state index contributed by atoms with van der Waals surface area (Å²) in [6, 6.07) is 11.9. The number of aromatic nitrogens is 1. The van der Waals surface area contributed by atoms with Gasteiger partial charge in [-0.3, -0.25) is 4.79 Å². The van der Waals surface area contributed by atoms with E-state index in [0.717, 1.165) is 6.42 Å². The first-order valence-electron chi connectivity index (χ1n) is 10.3. The number of nitrogens with zero attached hydrogens (tertiary/aromatic N) is 2. The summed E-state index contributed by atoms with van der Waals surface area (Å²) in [5, 5.41) is 1.72. The van der Waals surface area contributed by atoms with E-state index < -0.39 is 16.4 Å². The van der Waals surface area contributed by atoms with Crippen LogP contribution in [0.25, 0.3) is 11.1 Å². The number of piperidine rings is 1. The molecule has 11 heteroatoms. The second-order valence-corrected chi connectivity index (χ2v) is 11.3. The molecule has 0 amide bonds. The van der Waals surface area contributed by atoms with Crippen molar-refractivity contribution >= 4 is 21.4 Å². The SMILES string of the molecule is O=c1ccc(-c2ccc(OC(F)(F)F)cc2)c2n1C[C@@H]1C[C@@H]2CN(S(=O)(=O)c2cccs2)C1. The smallest absolute Gasteiger partial charge is 0.406 e. The number of pyridine rings is 1. The molecule has 33 heavy (non-hydrogen) atoms. The van der Waals surface area contributed by atoms with Gasteiger partial charge in [0.2, 0.25) is 0 Å². The highest BCUT2D eigenvalue weighted by atomic mass is 32.2. The van der Waals surface area contributed by atoms with E-state index in [9.17, 15) is 26.4 Å². The number of sulfonamides is 1. The van der Waals surface area contributed by atoms with Crippen molar-refractivity contribution in [2.75, 3.05) is 13.1 Å². The second-order valence-electron chi connectivity index (χ2n) is 8.21. The van der Waals surface area contributed by atoms with E-state index >= 15 is 0 Å². The number of rotatable bonds is 4. The predicted molar refractivity (Wildman–Crippen MR) is 117 cm³/mol. The summed E-state index contributed by atoms with van der Waals surface area (Å²) >= 11 is 1.17. The molecule has 0 unspecified atom stereocenters. The number of ether oxygens (including phenoxy) is 1. The number of halogens is 3. The number of thiophene rings is 1. The van der Waals surface area contributed by atoms with Gasteiger partial charge in [-0.05, 0) is 47.5 Å². The third-order valence-electron chi connectivity index (χ3n) is 6.04. The Kier molecular flexibility index (Phi) is 5.37. The van der Waals surface area contributed by atoms with Crippen LogP contribution in [0.4, 0.5) is 13.2 Å². The van der Waals surface area contributed by atoms with Gasteiger partial charge in [0, 0.05) is 42.9 Å². The second kappa shape index (κ2) is 8.00. The minimum atomic E-state index is -4.78. The summed E-state index contributed by atoms with van der Waals surface area (Å²) in [5.41, 5.74) is 1.88. The molecule has 0 N–H and O–H groups in total. The minimum Gasteiger partial charge on any atom is -0.406 e. The van der Waals surface area contributed by atoms with Gasteiger partial charge >= 0.3 is 6.36 Å². The van der Waals surface area contributed by atoms with Crippen LogP contribution in [0, 0.1) is 5.92 Å². The topological polar surface area (TPSA) is 68.6 Å². The number of fused-ring (bicyclic) bond motifs is 4. The lowest BCUT2D eigenvalue weighted by molar-refractivity contribution is -0.274. The highest BCUT2D eigenvalue weighted by molar-refractivity contribution is 7.91. The lowest BCUT2D eigenvalue weighted by Gasteiger charge is -2.42. The molecule has 3 aromatic rings. The Balaban J connectivity index is 1.52. The summed E-state index contributed by atoms with van der Waals surface area (Å²) < 4.78 is 71.1. The Bertz CT molecular complexity index is 1330. The van der Waals surface area contributed by atoms with E-state index in [-0.39, 0.29) is 33.9 Å². The summed E-state index contributed by atoms with van der Waals surface area (Å²) in [5.74, 6) is -0.539. The van der Waals surface area contributed by atoms with E-state index in [1.54, 1.807) is 28.1 Å². The maximum atomic E-state index is 13.1. The zero-order valence-electron chi connectivity index (χ0n) is 17.2. The van der Waals surface area contributed by atoms with Crippen LogP contribution >= 0.6 is 11.3 Å². The zero-order chi connectivity index (χ0) is 23.4. The molecule has 2 bridgehead atoms. The molecule has 2 aliphatic heterocycles. The maximum Gasteiger partial charge on any atom is 0.573 e. The van der Waals surface area contributed by atoms with Gasteiger partial charge in [0.15, 0.2) is 0 Å². The van der Waals surface area contributed by atoms with Crippen LogP contribution in [0.15, 0.2) is 62.9 Å². The molecule has 5 rings (SSSR count). The van der Waals surface area contributed by atoms with Gasteiger partial charge < -0.3 is 9.30 Å². The van der Waals surface area contributed by atoms with Crippen molar-refractivity contribution in [2.45, 2.75) is 29.5 Å². The van der Waals surface area contributed by atoms with Gasteiger partial charge in [0.1, 0.15) is 9.96 Å². The largest absolute Gasteiger partial charge is 0.573 e. The first-order chi connectivity index (χ1) is 15.6. The normalized spacial score (nSPS) is 20.9. The molecule has 2 atom stereocenters. The Labute approximate surface area is 191 Å². The molecule has 0 spiro atoms. The molecule has 1 saturated heterocycles. The Morgan fingerprint density at radius 3 is 2.42 bits per heavy atom. The van der Waals surface area contributed by atoms with Crippen LogP contribution in [0.5, 0.6) is 5.75 Å². The molecule has 1 aromatic carbocycles. The Morgan fingerprint density at radius 2 is 1.76 bits per heavy atom. The molecular weight excluding hydrogens is 477 g/mol. The van der Waals surface area contributed by atoms with Crippen molar-refractivity contribution in [3.63, 3.8) is 0 Å². The van der Waals surface area contributed by atoms with Crippen LogP contribution in [-0.4, -0.2) is 36.7 Å². The molecule has 2 aliphatic rings. The number of benzene rings is 1. The van der Waals surface area contributed by atoms with Gasteiger partial charge in [-0.15, -0.1) is 24.5 Å². The first kappa shape index (κ1) is 22.2. The molecule has 4 heterocycles.